The van der Waals surface area contributed by atoms with Crippen LogP contribution >= 0.6 is 11.6 Å². The molecule has 2 heterocycles. The van der Waals surface area contributed by atoms with Crippen molar-refractivity contribution in [1.82, 2.24) is 4.72 Å². The van der Waals surface area contributed by atoms with Crippen molar-refractivity contribution >= 4 is 39.2 Å². The third-order valence-electron chi connectivity index (χ3n) is 11.4. The van der Waals surface area contributed by atoms with Crippen molar-refractivity contribution in [2.45, 2.75) is 67.8 Å². The minimum absolute atomic E-state index is 0.00462. The summed E-state index contributed by atoms with van der Waals surface area (Å²) in [5, 5.41) is -0.712. The highest BCUT2D eigenvalue weighted by molar-refractivity contribution is 7.90. The molecule has 10 nitrogen and oxygen atoms in total. The number of hydrogen-bond donors (Lipinski definition) is 1. The standard InChI is InChI=1S/C42H45ClN2O8S/c1-50-22-20-38(53-41(47)28-9-4-3-5-10-28)39-13-7-6-12-36(51-2)33-17-14-31(33)25-45-26-42(21-8-11-29-23-32(43)16-18-34(29)42)27-52-37-19-15-30(24-35(37)45)40(46)44-54(39,48)49/h3-6,9-10,12,15-16,18-19,23-24,31,33,36,38-39H,7-8,11,13-14,17,21,25-27H2,1-2H3,(H,44,46)/b12-6+/t31-,33+,36-,38?,39+,42-/m0/s1. The summed E-state index contributed by atoms with van der Waals surface area (Å²) in [5.74, 6) is 2.27. The van der Waals surface area contributed by atoms with E-state index in [1.807, 2.05) is 18.2 Å². The number of allylic oxidation sites excluding steroid dienone is 1. The summed E-state index contributed by atoms with van der Waals surface area (Å²) in [7, 11) is -1.46. The molecule has 0 saturated heterocycles. The van der Waals surface area contributed by atoms with Gasteiger partial charge in [-0.25, -0.2) is 17.9 Å². The summed E-state index contributed by atoms with van der Waals surface area (Å²) < 4.78 is 54.0. The Bertz CT molecular complexity index is 2080. The molecule has 4 aliphatic rings. The molecular formula is C42H45ClN2O8S. The zero-order valence-electron chi connectivity index (χ0n) is 30.5. The lowest BCUT2D eigenvalue weighted by Crippen LogP contribution is -2.49. The van der Waals surface area contributed by atoms with Crippen LogP contribution in [0.5, 0.6) is 5.75 Å². The molecule has 7 rings (SSSR count). The first-order valence-corrected chi connectivity index (χ1v) is 20.4. The van der Waals surface area contributed by atoms with Crippen molar-refractivity contribution in [3.05, 3.63) is 106 Å². The number of carbonyl (C=O) groups is 2. The summed E-state index contributed by atoms with van der Waals surface area (Å²) in [6.45, 7) is 1.83. The van der Waals surface area contributed by atoms with E-state index in [0.29, 0.717) is 36.3 Å². The molecule has 1 amide bonds. The fourth-order valence-corrected chi connectivity index (χ4v) is 10.1. The summed E-state index contributed by atoms with van der Waals surface area (Å²) in [4.78, 5) is 29.5. The number of rotatable bonds is 4. The maximum atomic E-state index is 14.2. The van der Waals surface area contributed by atoms with Crippen LogP contribution in [0.4, 0.5) is 5.69 Å². The number of amides is 1. The maximum absolute atomic E-state index is 14.2. The van der Waals surface area contributed by atoms with Crippen LogP contribution in [0.3, 0.4) is 0 Å². The van der Waals surface area contributed by atoms with Gasteiger partial charge < -0.3 is 23.8 Å². The lowest BCUT2D eigenvalue weighted by molar-refractivity contribution is 0.0131. The Morgan fingerprint density at radius 2 is 1.91 bits per heavy atom. The number of methoxy groups -OCH3 is 2. The second-order valence-electron chi connectivity index (χ2n) is 14.7. The lowest BCUT2D eigenvalue weighted by Gasteiger charge is -2.46. The van der Waals surface area contributed by atoms with Gasteiger partial charge in [0.1, 0.15) is 17.1 Å². The minimum Gasteiger partial charge on any atom is -0.490 e. The summed E-state index contributed by atoms with van der Waals surface area (Å²) in [5.41, 5.74) is 3.27. The number of benzene rings is 3. The third kappa shape index (κ3) is 7.83. The smallest absolute Gasteiger partial charge is 0.339 e. The molecule has 1 saturated carbocycles. The first kappa shape index (κ1) is 37.8. The molecule has 1 fully saturated rings. The van der Waals surface area contributed by atoms with Crippen molar-refractivity contribution in [2.75, 3.05) is 38.8 Å². The van der Waals surface area contributed by atoms with Gasteiger partial charge in [0.25, 0.3) is 5.91 Å². The van der Waals surface area contributed by atoms with Gasteiger partial charge in [0.05, 0.1) is 31.1 Å². The Kier molecular flexibility index (Phi) is 11.3. The first-order chi connectivity index (χ1) is 26.1. The van der Waals surface area contributed by atoms with Crippen LogP contribution < -0.4 is 14.4 Å². The Labute approximate surface area is 322 Å². The molecule has 2 bridgehead atoms. The summed E-state index contributed by atoms with van der Waals surface area (Å²) >= 11 is 6.45. The van der Waals surface area contributed by atoms with Gasteiger partial charge in [-0.2, -0.15) is 0 Å². The average molecular weight is 773 g/mol. The predicted octanol–water partition coefficient (Wildman–Crippen LogP) is 6.47. The van der Waals surface area contributed by atoms with Crippen molar-refractivity contribution in [2.24, 2.45) is 11.8 Å². The van der Waals surface area contributed by atoms with Crippen molar-refractivity contribution in [3.8, 4) is 17.8 Å². The molecule has 284 valence electrons. The van der Waals surface area contributed by atoms with E-state index in [-0.39, 0.29) is 35.0 Å². The quantitative estimate of drug-likeness (QED) is 0.181. The van der Waals surface area contributed by atoms with Crippen molar-refractivity contribution in [3.63, 3.8) is 0 Å². The van der Waals surface area contributed by atoms with Crippen molar-refractivity contribution < 1.29 is 37.0 Å². The van der Waals surface area contributed by atoms with E-state index in [1.54, 1.807) is 55.6 Å². The largest absolute Gasteiger partial charge is 0.490 e. The second kappa shape index (κ2) is 16.1. The molecular weight excluding hydrogens is 728 g/mol. The van der Waals surface area contributed by atoms with Gasteiger partial charge in [-0.1, -0.05) is 48.0 Å². The average Bonchev–Trinajstić information content (AvgIpc) is 3.30. The number of anilines is 1. The molecule has 0 radical (unpaired) electrons. The molecule has 12 heteroatoms. The van der Waals surface area contributed by atoms with Gasteiger partial charge >= 0.3 is 5.97 Å². The Morgan fingerprint density at radius 1 is 1.07 bits per heavy atom. The highest BCUT2D eigenvalue weighted by atomic mass is 35.5. The van der Waals surface area contributed by atoms with Crippen LogP contribution in [0.25, 0.3) is 0 Å². The molecule has 6 atom stereocenters. The van der Waals surface area contributed by atoms with E-state index in [0.717, 1.165) is 44.3 Å². The van der Waals surface area contributed by atoms with Gasteiger partial charge in [0, 0.05) is 36.2 Å². The highest BCUT2D eigenvalue weighted by Gasteiger charge is 2.45. The van der Waals surface area contributed by atoms with Gasteiger partial charge in [0.15, 0.2) is 6.10 Å². The van der Waals surface area contributed by atoms with Crippen LogP contribution in [0.2, 0.25) is 5.02 Å². The third-order valence-corrected chi connectivity index (χ3v) is 13.4. The molecule has 3 aromatic carbocycles. The van der Waals surface area contributed by atoms with Crippen LogP contribution in [0.15, 0.2) is 78.9 Å². The minimum atomic E-state index is -4.49. The van der Waals surface area contributed by atoms with Crippen molar-refractivity contribution in [1.29, 1.82) is 0 Å². The van der Waals surface area contributed by atoms with Crippen LogP contribution in [-0.4, -0.2) is 71.7 Å². The Morgan fingerprint density at radius 3 is 2.67 bits per heavy atom. The predicted molar refractivity (Wildman–Crippen MR) is 206 cm³/mol. The van der Waals surface area contributed by atoms with E-state index < -0.39 is 33.3 Å². The molecule has 1 spiro atoms. The summed E-state index contributed by atoms with van der Waals surface area (Å²) in [6, 6.07) is 19.4. The number of fused-ring (bicyclic) bond motifs is 4. The topological polar surface area (TPSA) is 120 Å². The molecule has 3 aromatic rings. The van der Waals surface area contributed by atoms with Gasteiger partial charge in [-0.05, 0) is 116 Å². The second-order valence-corrected chi connectivity index (χ2v) is 17.0. The number of halogens is 1. The zero-order valence-corrected chi connectivity index (χ0v) is 32.0. The van der Waals surface area contributed by atoms with E-state index in [9.17, 15) is 18.0 Å². The molecule has 54 heavy (non-hydrogen) atoms. The number of nitrogens with zero attached hydrogens (tertiary/aromatic N) is 1. The number of carbonyl (C=O) groups excluding carboxylic acids is 2. The Hall–Kier alpha value is -4.50. The normalized spacial score (nSPS) is 27.2. The zero-order chi connectivity index (χ0) is 37.9. The highest BCUT2D eigenvalue weighted by Crippen LogP contribution is 2.47. The van der Waals surface area contributed by atoms with E-state index in [2.05, 4.69) is 33.8 Å². The number of hydrogen-bond acceptors (Lipinski definition) is 9. The van der Waals surface area contributed by atoms with Crippen LogP contribution in [-0.2, 0) is 36.1 Å². The summed E-state index contributed by atoms with van der Waals surface area (Å²) in [6.07, 6.45) is 9.83. The number of esters is 1. The molecule has 2 aliphatic heterocycles. The number of nitrogens with one attached hydrogen (secondary N) is 1. The molecule has 1 unspecified atom stereocenters. The van der Waals surface area contributed by atoms with E-state index in [4.69, 9.17) is 30.5 Å². The molecule has 2 aliphatic carbocycles. The van der Waals surface area contributed by atoms with Gasteiger partial charge in [-0.15, -0.1) is 0 Å². The van der Waals surface area contributed by atoms with Gasteiger partial charge in [-0.3, -0.25) is 4.79 Å². The lowest BCUT2D eigenvalue weighted by atomic mass is 9.68. The maximum Gasteiger partial charge on any atom is 0.339 e. The SMILES string of the molecule is COC#CC(OC(=O)c1ccccc1)[C@H]1CC/C=C/[C@H](OC)[C@@H]2CC[C@H]2CN2C[C@@]3(CCCc4cc(Cl)ccc43)COc3ccc(cc32)C(=O)NS1(=O)=O. The fourth-order valence-electron chi connectivity index (χ4n) is 8.49. The van der Waals surface area contributed by atoms with E-state index in [1.165, 1.54) is 18.2 Å². The molecule has 1 N–H and O–H groups in total. The fraction of sp³-hybridized carbons (Fsp3) is 0.429. The van der Waals surface area contributed by atoms with Crippen LogP contribution in [0, 0.1) is 23.9 Å². The first-order valence-electron chi connectivity index (χ1n) is 18.5. The molecule has 0 aromatic heterocycles. The number of ether oxygens (including phenoxy) is 4. The monoisotopic (exact) mass is 772 g/mol. The number of sulfonamides is 1. The van der Waals surface area contributed by atoms with Crippen LogP contribution in [0.1, 0.15) is 70.4 Å². The number of aryl methyl sites for hydroxylation is 1. The Balaban J connectivity index is 1.27. The van der Waals surface area contributed by atoms with Gasteiger partial charge in [0.2, 0.25) is 10.0 Å². The van der Waals surface area contributed by atoms with E-state index >= 15 is 0 Å².